The Morgan fingerprint density at radius 1 is 0.222 bits per heavy atom. The standard InChI is InChI=1S/C42H27N3/c1-4-14-28(15-5-1)43-37-22-12-10-20-31(37)33-24-41-35(26-39(33)43)36-27-40-34(25-42(36)45(41)30-18-8-3-9-19-30)32-21-11-13-23-38(32)44(40)29-16-6-2-7-17-29/h1-27H. The Morgan fingerprint density at radius 2 is 0.489 bits per heavy atom. The summed E-state index contributed by atoms with van der Waals surface area (Å²) in [6, 6.07) is 59.4. The van der Waals surface area contributed by atoms with E-state index < -0.39 is 0 Å². The van der Waals surface area contributed by atoms with E-state index in [-0.39, 0.29) is 0 Å². The van der Waals surface area contributed by atoms with Gasteiger partial charge in [0.2, 0.25) is 0 Å². The third-order valence-electron chi connectivity index (χ3n) is 9.40. The summed E-state index contributed by atoms with van der Waals surface area (Å²) in [6.45, 7) is 0. The minimum Gasteiger partial charge on any atom is -0.309 e. The van der Waals surface area contributed by atoms with Gasteiger partial charge in [-0.2, -0.15) is 0 Å². The van der Waals surface area contributed by atoms with Crippen molar-refractivity contribution in [1.82, 2.24) is 13.7 Å². The lowest BCUT2D eigenvalue weighted by molar-refractivity contribution is 1.17. The molecule has 0 unspecified atom stereocenters. The number of fused-ring (bicyclic) bond motifs is 9. The smallest absolute Gasteiger partial charge is 0.0548 e. The fraction of sp³-hybridized carbons (Fsp3) is 0. The number of hydrogen-bond donors (Lipinski definition) is 0. The van der Waals surface area contributed by atoms with E-state index in [2.05, 4.69) is 177 Å². The summed E-state index contributed by atoms with van der Waals surface area (Å²) in [7, 11) is 0. The highest BCUT2D eigenvalue weighted by molar-refractivity contribution is 6.22. The summed E-state index contributed by atoms with van der Waals surface area (Å²) in [5.41, 5.74) is 10.8. The van der Waals surface area contributed by atoms with Gasteiger partial charge < -0.3 is 13.7 Å². The first-order chi connectivity index (χ1) is 22.3. The fourth-order valence-corrected chi connectivity index (χ4v) is 7.50. The van der Waals surface area contributed by atoms with Crippen molar-refractivity contribution in [2.75, 3.05) is 0 Å². The third kappa shape index (κ3) is 3.41. The number of aromatic nitrogens is 3. The molecule has 0 saturated heterocycles. The van der Waals surface area contributed by atoms with E-state index in [1.807, 2.05) is 0 Å². The Kier molecular flexibility index (Phi) is 5.00. The van der Waals surface area contributed by atoms with Crippen LogP contribution in [-0.4, -0.2) is 13.7 Å². The number of benzene rings is 7. The summed E-state index contributed by atoms with van der Waals surface area (Å²) < 4.78 is 7.28. The Bertz CT molecular complexity index is 2560. The van der Waals surface area contributed by atoms with Crippen LogP contribution in [-0.2, 0) is 0 Å². The highest BCUT2D eigenvalue weighted by Gasteiger charge is 2.21. The first-order valence-electron chi connectivity index (χ1n) is 15.5. The van der Waals surface area contributed by atoms with Gasteiger partial charge in [-0.05, 0) is 72.8 Å². The van der Waals surface area contributed by atoms with E-state index in [4.69, 9.17) is 0 Å². The zero-order valence-corrected chi connectivity index (χ0v) is 24.4. The van der Waals surface area contributed by atoms with Crippen molar-refractivity contribution in [3.8, 4) is 17.1 Å². The van der Waals surface area contributed by atoms with Crippen molar-refractivity contribution in [3.05, 3.63) is 164 Å². The molecule has 45 heavy (non-hydrogen) atoms. The second-order valence-electron chi connectivity index (χ2n) is 11.8. The van der Waals surface area contributed by atoms with E-state index in [1.165, 1.54) is 76.8 Å². The summed E-state index contributed by atoms with van der Waals surface area (Å²) >= 11 is 0. The molecule has 7 aromatic carbocycles. The number of rotatable bonds is 3. The van der Waals surface area contributed by atoms with Gasteiger partial charge >= 0.3 is 0 Å². The van der Waals surface area contributed by atoms with Gasteiger partial charge in [0, 0.05) is 49.4 Å². The average Bonchev–Trinajstić information content (AvgIpc) is 3.72. The molecule has 3 heterocycles. The molecule has 10 aromatic rings. The van der Waals surface area contributed by atoms with Crippen molar-refractivity contribution in [2.45, 2.75) is 0 Å². The van der Waals surface area contributed by atoms with Crippen molar-refractivity contribution < 1.29 is 0 Å². The van der Waals surface area contributed by atoms with Gasteiger partial charge in [-0.15, -0.1) is 0 Å². The predicted octanol–water partition coefficient (Wildman–Crippen LogP) is 11.0. The normalized spacial score (nSPS) is 12.0. The largest absolute Gasteiger partial charge is 0.309 e. The van der Waals surface area contributed by atoms with E-state index in [0.29, 0.717) is 0 Å². The highest BCUT2D eigenvalue weighted by atomic mass is 15.0. The fourth-order valence-electron chi connectivity index (χ4n) is 7.50. The van der Waals surface area contributed by atoms with Crippen LogP contribution in [0.25, 0.3) is 82.5 Å². The SMILES string of the molecule is c1ccc(-n2c3ccccc3c3cc4c(cc32)c2cc3c(cc2n4-c2ccccc2)c2ccccc2n3-c2ccccc2)cc1. The zero-order valence-electron chi connectivity index (χ0n) is 24.4. The molecule has 0 spiro atoms. The quantitative estimate of drug-likeness (QED) is 0.200. The zero-order chi connectivity index (χ0) is 29.5. The molecule has 0 bridgehead atoms. The molecule has 3 aromatic heterocycles. The van der Waals surface area contributed by atoms with Crippen LogP contribution >= 0.6 is 0 Å². The molecular formula is C42H27N3. The Hall–Kier alpha value is -6.06. The molecule has 3 heteroatoms. The van der Waals surface area contributed by atoms with Gasteiger partial charge in [-0.1, -0.05) is 91.0 Å². The van der Waals surface area contributed by atoms with E-state index >= 15 is 0 Å². The van der Waals surface area contributed by atoms with E-state index in [0.717, 1.165) is 5.69 Å². The molecule has 0 saturated carbocycles. The molecule has 0 amide bonds. The van der Waals surface area contributed by atoms with E-state index in [1.54, 1.807) is 0 Å². The van der Waals surface area contributed by atoms with Crippen molar-refractivity contribution in [2.24, 2.45) is 0 Å². The van der Waals surface area contributed by atoms with Crippen molar-refractivity contribution in [3.63, 3.8) is 0 Å². The maximum Gasteiger partial charge on any atom is 0.0548 e. The molecule has 0 fully saturated rings. The second-order valence-corrected chi connectivity index (χ2v) is 11.8. The predicted molar refractivity (Wildman–Crippen MR) is 189 cm³/mol. The lowest BCUT2D eigenvalue weighted by atomic mass is 10.1. The van der Waals surface area contributed by atoms with Crippen molar-refractivity contribution in [1.29, 1.82) is 0 Å². The van der Waals surface area contributed by atoms with Gasteiger partial charge in [0.05, 0.1) is 33.1 Å². The van der Waals surface area contributed by atoms with Crippen LogP contribution in [0.4, 0.5) is 0 Å². The van der Waals surface area contributed by atoms with Gasteiger partial charge in [0.25, 0.3) is 0 Å². The average molecular weight is 574 g/mol. The molecule has 210 valence electrons. The van der Waals surface area contributed by atoms with Gasteiger partial charge in [0.1, 0.15) is 0 Å². The van der Waals surface area contributed by atoms with Crippen LogP contribution in [0.5, 0.6) is 0 Å². The molecule has 10 rings (SSSR count). The van der Waals surface area contributed by atoms with Crippen LogP contribution in [0.2, 0.25) is 0 Å². The molecule has 0 N–H and O–H groups in total. The lowest BCUT2D eigenvalue weighted by Crippen LogP contribution is -1.94. The summed E-state index contributed by atoms with van der Waals surface area (Å²) in [5, 5.41) is 7.52. The molecular weight excluding hydrogens is 546 g/mol. The lowest BCUT2D eigenvalue weighted by Gasteiger charge is -2.09. The molecule has 3 nitrogen and oxygen atoms in total. The minimum atomic E-state index is 1.16. The van der Waals surface area contributed by atoms with Crippen LogP contribution in [0.15, 0.2) is 164 Å². The highest BCUT2D eigenvalue weighted by Crippen LogP contribution is 2.42. The van der Waals surface area contributed by atoms with E-state index in [9.17, 15) is 0 Å². The first-order valence-corrected chi connectivity index (χ1v) is 15.5. The maximum atomic E-state index is 2.45. The Labute approximate surface area is 259 Å². The summed E-state index contributed by atoms with van der Waals surface area (Å²) in [4.78, 5) is 0. The first kappa shape index (κ1) is 24.4. The molecule has 0 aliphatic rings. The van der Waals surface area contributed by atoms with Crippen molar-refractivity contribution >= 4 is 65.4 Å². The van der Waals surface area contributed by atoms with Crippen LogP contribution in [0.1, 0.15) is 0 Å². The third-order valence-corrected chi connectivity index (χ3v) is 9.40. The molecule has 0 aliphatic heterocycles. The Morgan fingerprint density at radius 3 is 0.844 bits per heavy atom. The summed E-state index contributed by atoms with van der Waals surface area (Å²) in [5.74, 6) is 0. The van der Waals surface area contributed by atoms with Gasteiger partial charge in [-0.3, -0.25) is 0 Å². The maximum absolute atomic E-state index is 2.45. The number of nitrogens with zero attached hydrogens (tertiary/aromatic N) is 3. The topological polar surface area (TPSA) is 14.8 Å². The molecule has 0 radical (unpaired) electrons. The van der Waals surface area contributed by atoms with Crippen LogP contribution in [0, 0.1) is 0 Å². The monoisotopic (exact) mass is 573 g/mol. The minimum absolute atomic E-state index is 1.16. The van der Waals surface area contributed by atoms with Gasteiger partial charge in [0.15, 0.2) is 0 Å². The number of hydrogen-bond acceptors (Lipinski definition) is 0. The molecule has 0 atom stereocenters. The second kappa shape index (κ2) is 9.22. The van der Waals surface area contributed by atoms with Crippen LogP contribution in [0.3, 0.4) is 0 Å². The molecule has 0 aliphatic carbocycles. The van der Waals surface area contributed by atoms with Crippen LogP contribution < -0.4 is 0 Å². The number of para-hydroxylation sites is 5. The summed E-state index contributed by atoms with van der Waals surface area (Å²) in [6.07, 6.45) is 0. The Balaban J connectivity index is 1.42. The van der Waals surface area contributed by atoms with Gasteiger partial charge in [-0.25, -0.2) is 0 Å².